The molecule has 0 aliphatic carbocycles. The fourth-order valence-corrected chi connectivity index (χ4v) is 2.80. The van der Waals surface area contributed by atoms with E-state index in [1.165, 1.54) is 0 Å². The van der Waals surface area contributed by atoms with E-state index in [9.17, 15) is 5.11 Å². The first-order valence-electron chi connectivity index (χ1n) is 7.82. The van der Waals surface area contributed by atoms with E-state index in [4.69, 9.17) is 9.47 Å². The number of aliphatic hydroxyl groups excluding tert-OH is 1. The van der Waals surface area contributed by atoms with Crippen LogP contribution in [0.5, 0.6) is 11.5 Å². The summed E-state index contributed by atoms with van der Waals surface area (Å²) in [6.07, 6.45) is 2.54. The molecule has 21 heavy (non-hydrogen) atoms. The van der Waals surface area contributed by atoms with Gasteiger partial charge in [-0.05, 0) is 43.4 Å². The third-order valence-electron chi connectivity index (χ3n) is 3.83. The molecule has 1 heterocycles. The number of rotatable bonds is 6. The average Bonchev–Trinajstić information content (AvgIpc) is 2.65. The summed E-state index contributed by atoms with van der Waals surface area (Å²) in [6.45, 7) is 5.61. The van der Waals surface area contributed by atoms with Crippen LogP contribution < -0.4 is 14.8 Å². The van der Waals surface area contributed by atoms with Gasteiger partial charge in [-0.15, -0.1) is 0 Å². The van der Waals surface area contributed by atoms with Crippen molar-refractivity contribution in [1.29, 1.82) is 0 Å². The lowest BCUT2D eigenvalue weighted by atomic mass is 10.0. The van der Waals surface area contributed by atoms with Gasteiger partial charge in [0, 0.05) is 18.2 Å². The summed E-state index contributed by atoms with van der Waals surface area (Å²) in [5.74, 6) is 2.27. The first-order valence-corrected chi connectivity index (χ1v) is 7.82. The van der Waals surface area contributed by atoms with Crippen LogP contribution >= 0.6 is 0 Å². The summed E-state index contributed by atoms with van der Waals surface area (Å²) >= 11 is 0. The normalized spacial score (nSPS) is 19.6. The SMILES string of the molecule is COc1ccc2c(c1)C(NCC(O)CC(C)C)CCCO2. The Hall–Kier alpha value is -1.26. The molecule has 2 rings (SSSR count). The van der Waals surface area contributed by atoms with Crippen molar-refractivity contribution in [2.24, 2.45) is 5.92 Å². The Bertz CT molecular complexity index is 448. The van der Waals surface area contributed by atoms with Crippen LogP contribution in [-0.4, -0.2) is 31.5 Å². The fraction of sp³-hybridized carbons (Fsp3) is 0.647. The first-order chi connectivity index (χ1) is 10.1. The Morgan fingerprint density at radius 2 is 2.24 bits per heavy atom. The standard InChI is InChI=1S/C17H27NO3/c1-12(2)9-13(19)11-18-16-5-4-8-21-17-7-6-14(20-3)10-15(16)17/h6-7,10,12-13,16,18-19H,4-5,8-9,11H2,1-3H3. The molecule has 2 atom stereocenters. The predicted octanol–water partition coefficient (Wildman–Crippen LogP) is 2.91. The lowest BCUT2D eigenvalue weighted by molar-refractivity contribution is 0.142. The Labute approximate surface area is 127 Å². The molecule has 0 saturated heterocycles. The van der Waals surface area contributed by atoms with Gasteiger partial charge in [-0.2, -0.15) is 0 Å². The van der Waals surface area contributed by atoms with Gasteiger partial charge in [0.2, 0.25) is 0 Å². The van der Waals surface area contributed by atoms with Crippen molar-refractivity contribution in [3.63, 3.8) is 0 Å². The Kier molecular flexibility index (Phi) is 5.88. The van der Waals surface area contributed by atoms with Gasteiger partial charge >= 0.3 is 0 Å². The second-order valence-electron chi connectivity index (χ2n) is 6.14. The van der Waals surface area contributed by atoms with Crippen LogP contribution in [-0.2, 0) is 0 Å². The van der Waals surface area contributed by atoms with Gasteiger partial charge < -0.3 is 19.9 Å². The summed E-state index contributed by atoms with van der Waals surface area (Å²) in [4.78, 5) is 0. The number of methoxy groups -OCH3 is 1. The number of nitrogens with one attached hydrogen (secondary N) is 1. The summed E-state index contributed by atoms with van der Waals surface area (Å²) in [5.41, 5.74) is 1.13. The van der Waals surface area contributed by atoms with Crippen LogP contribution in [0.15, 0.2) is 18.2 Å². The second-order valence-corrected chi connectivity index (χ2v) is 6.14. The smallest absolute Gasteiger partial charge is 0.124 e. The number of aliphatic hydroxyl groups is 1. The predicted molar refractivity (Wildman–Crippen MR) is 83.9 cm³/mol. The minimum absolute atomic E-state index is 0.208. The number of hydrogen-bond donors (Lipinski definition) is 2. The molecule has 0 amide bonds. The minimum atomic E-state index is -0.303. The van der Waals surface area contributed by atoms with Crippen molar-refractivity contribution in [1.82, 2.24) is 5.32 Å². The van der Waals surface area contributed by atoms with Crippen LogP contribution in [0.1, 0.15) is 44.7 Å². The van der Waals surface area contributed by atoms with E-state index >= 15 is 0 Å². The van der Waals surface area contributed by atoms with Crippen LogP contribution in [0, 0.1) is 5.92 Å². The van der Waals surface area contributed by atoms with Crippen molar-refractivity contribution < 1.29 is 14.6 Å². The van der Waals surface area contributed by atoms with Crippen molar-refractivity contribution in [2.75, 3.05) is 20.3 Å². The lowest BCUT2D eigenvalue weighted by Gasteiger charge is -2.21. The largest absolute Gasteiger partial charge is 0.497 e. The number of fused-ring (bicyclic) bond motifs is 1. The average molecular weight is 293 g/mol. The lowest BCUT2D eigenvalue weighted by Crippen LogP contribution is -2.31. The fourth-order valence-electron chi connectivity index (χ4n) is 2.80. The minimum Gasteiger partial charge on any atom is -0.497 e. The van der Waals surface area contributed by atoms with Crippen LogP contribution in [0.4, 0.5) is 0 Å². The zero-order valence-electron chi connectivity index (χ0n) is 13.3. The molecular formula is C17H27NO3. The highest BCUT2D eigenvalue weighted by Crippen LogP contribution is 2.34. The van der Waals surface area contributed by atoms with Gasteiger partial charge in [-0.1, -0.05) is 13.8 Å². The Morgan fingerprint density at radius 3 is 2.95 bits per heavy atom. The summed E-state index contributed by atoms with van der Waals surface area (Å²) in [6, 6.07) is 6.14. The molecule has 1 aromatic rings. The molecule has 1 aromatic carbocycles. The number of ether oxygens (including phenoxy) is 2. The molecule has 118 valence electrons. The van der Waals surface area contributed by atoms with Crippen LogP contribution in [0.2, 0.25) is 0 Å². The van der Waals surface area contributed by atoms with E-state index in [2.05, 4.69) is 19.2 Å². The van der Waals surface area contributed by atoms with E-state index in [-0.39, 0.29) is 12.1 Å². The quantitative estimate of drug-likeness (QED) is 0.847. The molecule has 0 fully saturated rings. The van der Waals surface area contributed by atoms with E-state index < -0.39 is 0 Å². The third-order valence-corrected chi connectivity index (χ3v) is 3.83. The summed E-state index contributed by atoms with van der Waals surface area (Å²) in [5, 5.41) is 13.5. The van der Waals surface area contributed by atoms with Crippen molar-refractivity contribution >= 4 is 0 Å². The highest BCUT2D eigenvalue weighted by Gasteiger charge is 2.21. The summed E-state index contributed by atoms with van der Waals surface area (Å²) in [7, 11) is 1.67. The van der Waals surface area contributed by atoms with E-state index in [0.717, 1.165) is 42.9 Å². The van der Waals surface area contributed by atoms with E-state index in [1.807, 2.05) is 18.2 Å². The van der Waals surface area contributed by atoms with Gasteiger partial charge in [0.1, 0.15) is 11.5 Å². The van der Waals surface area contributed by atoms with Crippen LogP contribution in [0.25, 0.3) is 0 Å². The first kappa shape index (κ1) is 16.1. The molecule has 4 nitrogen and oxygen atoms in total. The van der Waals surface area contributed by atoms with E-state index in [1.54, 1.807) is 7.11 Å². The van der Waals surface area contributed by atoms with Gasteiger partial charge in [-0.25, -0.2) is 0 Å². The van der Waals surface area contributed by atoms with Crippen molar-refractivity contribution in [2.45, 2.75) is 45.3 Å². The highest BCUT2D eigenvalue weighted by molar-refractivity contribution is 5.42. The second kappa shape index (κ2) is 7.66. The van der Waals surface area contributed by atoms with Gasteiger partial charge in [0.15, 0.2) is 0 Å². The monoisotopic (exact) mass is 293 g/mol. The Morgan fingerprint density at radius 1 is 1.43 bits per heavy atom. The molecule has 0 saturated carbocycles. The molecule has 2 unspecified atom stereocenters. The van der Waals surface area contributed by atoms with Gasteiger partial charge in [-0.3, -0.25) is 0 Å². The molecule has 0 radical (unpaired) electrons. The molecule has 4 heteroatoms. The maximum absolute atomic E-state index is 10.1. The maximum Gasteiger partial charge on any atom is 0.124 e. The zero-order chi connectivity index (χ0) is 15.2. The molecule has 1 aliphatic heterocycles. The van der Waals surface area contributed by atoms with E-state index in [0.29, 0.717) is 12.5 Å². The molecule has 1 aliphatic rings. The number of hydrogen-bond acceptors (Lipinski definition) is 4. The number of benzene rings is 1. The third kappa shape index (κ3) is 4.61. The van der Waals surface area contributed by atoms with Gasteiger partial charge in [0.05, 0.1) is 19.8 Å². The molecular weight excluding hydrogens is 266 g/mol. The van der Waals surface area contributed by atoms with Crippen molar-refractivity contribution in [3.05, 3.63) is 23.8 Å². The molecule has 0 aromatic heterocycles. The zero-order valence-corrected chi connectivity index (χ0v) is 13.3. The topological polar surface area (TPSA) is 50.7 Å². The summed E-state index contributed by atoms with van der Waals surface area (Å²) < 4.78 is 11.1. The van der Waals surface area contributed by atoms with Crippen LogP contribution in [0.3, 0.4) is 0 Å². The molecule has 0 bridgehead atoms. The van der Waals surface area contributed by atoms with Crippen molar-refractivity contribution in [3.8, 4) is 11.5 Å². The molecule has 0 spiro atoms. The highest BCUT2D eigenvalue weighted by atomic mass is 16.5. The van der Waals surface area contributed by atoms with Gasteiger partial charge in [0.25, 0.3) is 0 Å². The maximum atomic E-state index is 10.1. The molecule has 2 N–H and O–H groups in total. The Balaban J connectivity index is 2.06.